The van der Waals surface area contributed by atoms with Gasteiger partial charge in [0, 0.05) is 43.2 Å². The summed E-state index contributed by atoms with van der Waals surface area (Å²) in [6.07, 6.45) is 0.796. The molecule has 1 fully saturated rings. The van der Waals surface area contributed by atoms with E-state index in [1.165, 1.54) is 6.07 Å². The summed E-state index contributed by atoms with van der Waals surface area (Å²) in [6.45, 7) is 8.57. The fourth-order valence-electron chi connectivity index (χ4n) is 5.13. The highest BCUT2D eigenvalue weighted by Crippen LogP contribution is 2.35. The zero-order valence-electron chi connectivity index (χ0n) is 22.9. The predicted octanol–water partition coefficient (Wildman–Crippen LogP) is 3.73. The van der Waals surface area contributed by atoms with Gasteiger partial charge in [-0.1, -0.05) is 19.1 Å². The van der Waals surface area contributed by atoms with Gasteiger partial charge < -0.3 is 19.4 Å². The van der Waals surface area contributed by atoms with Gasteiger partial charge in [0.1, 0.15) is 11.9 Å². The largest absolute Gasteiger partial charge is 0.493 e. The molecule has 0 amide bonds. The number of nitrogens with one attached hydrogen (secondary N) is 1. The molecule has 1 unspecified atom stereocenters. The molecule has 3 heterocycles. The summed E-state index contributed by atoms with van der Waals surface area (Å²) in [5, 5.41) is 13.6. The van der Waals surface area contributed by atoms with Gasteiger partial charge in [0.2, 0.25) is 0 Å². The van der Waals surface area contributed by atoms with Crippen molar-refractivity contribution < 1.29 is 13.9 Å². The Labute approximate surface area is 226 Å². The predicted molar refractivity (Wildman–Crippen MR) is 147 cm³/mol. The van der Waals surface area contributed by atoms with Gasteiger partial charge in [-0.25, -0.2) is 9.07 Å². The highest BCUT2D eigenvalue weighted by atomic mass is 19.1. The summed E-state index contributed by atoms with van der Waals surface area (Å²) < 4.78 is 27.3. The lowest BCUT2D eigenvalue weighted by Gasteiger charge is -2.40. The first-order valence-electron chi connectivity index (χ1n) is 13.1. The van der Waals surface area contributed by atoms with Gasteiger partial charge in [-0.3, -0.25) is 9.69 Å². The third kappa shape index (κ3) is 4.94. The van der Waals surface area contributed by atoms with Crippen molar-refractivity contribution in [1.82, 2.24) is 30.1 Å². The van der Waals surface area contributed by atoms with Crippen molar-refractivity contribution in [2.75, 3.05) is 45.3 Å². The maximum absolute atomic E-state index is 14.5. The van der Waals surface area contributed by atoms with E-state index in [4.69, 9.17) is 9.47 Å². The lowest BCUT2D eigenvalue weighted by Crippen LogP contribution is -2.49. The molecule has 39 heavy (non-hydrogen) atoms. The summed E-state index contributed by atoms with van der Waals surface area (Å²) in [7, 11) is 3.14. The molecule has 11 heteroatoms. The minimum absolute atomic E-state index is 0.236. The number of pyridine rings is 1. The monoisotopic (exact) mass is 535 g/mol. The summed E-state index contributed by atoms with van der Waals surface area (Å²) in [6, 6.07) is 11.8. The number of aromatic amines is 1. The molecule has 10 nitrogen and oxygen atoms in total. The third-order valence-corrected chi connectivity index (χ3v) is 7.72. The van der Waals surface area contributed by atoms with Gasteiger partial charge in [-0.15, -0.1) is 5.10 Å². The van der Waals surface area contributed by atoms with Crippen LogP contribution in [0.5, 0.6) is 11.5 Å². The summed E-state index contributed by atoms with van der Waals surface area (Å²) in [4.78, 5) is 20.9. The number of benzene rings is 2. The third-order valence-electron chi connectivity index (χ3n) is 7.72. The summed E-state index contributed by atoms with van der Waals surface area (Å²) in [5.74, 6) is 1.44. The average molecular weight is 536 g/mol. The number of methoxy groups -OCH3 is 2. The number of para-hydroxylation sites is 1. The number of hydrogen-bond acceptors (Lipinski definition) is 8. The zero-order chi connectivity index (χ0) is 27.7. The number of rotatable bonds is 8. The van der Waals surface area contributed by atoms with E-state index in [2.05, 4.69) is 46.2 Å². The lowest BCUT2D eigenvalue weighted by atomic mass is 9.98. The van der Waals surface area contributed by atoms with Crippen LogP contribution >= 0.6 is 0 Å². The second-order valence-corrected chi connectivity index (χ2v) is 10.3. The van der Waals surface area contributed by atoms with Crippen LogP contribution in [-0.2, 0) is 5.54 Å². The van der Waals surface area contributed by atoms with Gasteiger partial charge in [0.15, 0.2) is 17.3 Å². The van der Waals surface area contributed by atoms with E-state index in [0.717, 1.165) is 11.8 Å². The number of nitrogens with zero attached hydrogens (tertiary/aromatic N) is 6. The van der Waals surface area contributed by atoms with Crippen LogP contribution in [0.15, 0.2) is 47.3 Å². The first-order chi connectivity index (χ1) is 18.8. The normalized spacial score (nSPS) is 15.5. The zero-order valence-corrected chi connectivity index (χ0v) is 22.9. The van der Waals surface area contributed by atoms with Crippen LogP contribution in [0, 0.1) is 5.82 Å². The first kappa shape index (κ1) is 26.6. The fraction of sp³-hybridized carbons (Fsp3) is 0.429. The molecule has 1 saturated heterocycles. The van der Waals surface area contributed by atoms with Crippen LogP contribution in [0.1, 0.15) is 44.6 Å². The Kier molecular flexibility index (Phi) is 7.26. The van der Waals surface area contributed by atoms with E-state index in [0.29, 0.717) is 60.3 Å². The molecule has 2 aromatic carbocycles. The second kappa shape index (κ2) is 10.6. The standard InChI is InChI=1S/C28H34FN7O3/c1-6-28(2,3)36-26(31-32-33-36)25(35-13-11-34(12-14-35)22-10-8-7-9-20(22)29)19-15-18-16-23(38-4)24(39-5)17-21(18)30-27(19)37/h7-10,15-17,25H,6,11-14H2,1-5H3,(H,30,37). The molecule has 1 N–H and O–H groups in total. The molecule has 0 saturated carbocycles. The number of piperazine rings is 1. The van der Waals surface area contributed by atoms with Crippen molar-refractivity contribution in [2.24, 2.45) is 0 Å². The highest BCUT2D eigenvalue weighted by molar-refractivity contribution is 5.83. The van der Waals surface area contributed by atoms with Crippen molar-refractivity contribution >= 4 is 16.6 Å². The Hall–Kier alpha value is -3.99. The van der Waals surface area contributed by atoms with Gasteiger partial charge >= 0.3 is 0 Å². The van der Waals surface area contributed by atoms with E-state index in [-0.39, 0.29) is 16.9 Å². The molecule has 0 spiro atoms. The van der Waals surface area contributed by atoms with Gasteiger partial charge in [-0.2, -0.15) is 0 Å². The van der Waals surface area contributed by atoms with Crippen molar-refractivity contribution in [3.05, 3.63) is 70.0 Å². The molecule has 2 aromatic heterocycles. The molecular weight excluding hydrogens is 501 g/mol. The van der Waals surface area contributed by atoms with Gasteiger partial charge in [0.25, 0.3) is 5.56 Å². The van der Waals surface area contributed by atoms with E-state index in [1.807, 2.05) is 27.8 Å². The summed E-state index contributed by atoms with van der Waals surface area (Å²) >= 11 is 0. The topological polar surface area (TPSA) is 101 Å². The number of H-pyrrole nitrogens is 1. The Morgan fingerprint density at radius 1 is 1.05 bits per heavy atom. The minimum atomic E-state index is -0.519. The molecule has 206 valence electrons. The molecule has 0 bridgehead atoms. The van der Waals surface area contributed by atoms with Crippen molar-refractivity contribution in [3.63, 3.8) is 0 Å². The van der Waals surface area contributed by atoms with Crippen LogP contribution in [0.3, 0.4) is 0 Å². The molecule has 1 aliphatic rings. The number of ether oxygens (including phenoxy) is 2. The SMILES string of the molecule is CCC(C)(C)n1nnnc1C(c1cc2cc(OC)c(OC)cc2[nH]c1=O)N1CCN(c2ccccc2F)CC1. The smallest absolute Gasteiger partial charge is 0.253 e. The molecule has 1 atom stereocenters. The molecule has 1 aliphatic heterocycles. The quantitative estimate of drug-likeness (QED) is 0.364. The number of hydrogen-bond donors (Lipinski definition) is 1. The maximum atomic E-state index is 14.5. The van der Waals surface area contributed by atoms with Crippen LogP contribution in [0.25, 0.3) is 10.9 Å². The number of aromatic nitrogens is 5. The molecule has 5 rings (SSSR count). The fourth-order valence-corrected chi connectivity index (χ4v) is 5.13. The Morgan fingerprint density at radius 2 is 1.74 bits per heavy atom. The molecular formula is C28H34FN7O3. The van der Waals surface area contributed by atoms with E-state index >= 15 is 0 Å². The maximum Gasteiger partial charge on any atom is 0.253 e. The minimum Gasteiger partial charge on any atom is -0.493 e. The van der Waals surface area contributed by atoms with Gasteiger partial charge in [0.05, 0.1) is 31.0 Å². The number of fused-ring (bicyclic) bond motifs is 1. The average Bonchev–Trinajstić information content (AvgIpc) is 3.44. The van der Waals surface area contributed by atoms with Crippen LogP contribution in [0.4, 0.5) is 10.1 Å². The first-order valence-corrected chi connectivity index (χ1v) is 13.1. The number of halogens is 1. The summed E-state index contributed by atoms with van der Waals surface area (Å²) in [5.41, 5.74) is 1.14. The van der Waals surface area contributed by atoms with Gasteiger partial charge in [-0.05, 0) is 55.0 Å². The Balaban J connectivity index is 1.60. The van der Waals surface area contributed by atoms with E-state index in [1.54, 1.807) is 32.4 Å². The molecule has 0 radical (unpaired) electrons. The van der Waals surface area contributed by atoms with Crippen LogP contribution in [0.2, 0.25) is 0 Å². The highest BCUT2D eigenvalue weighted by Gasteiger charge is 2.36. The number of tetrazole rings is 1. The Morgan fingerprint density at radius 3 is 2.41 bits per heavy atom. The van der Waals surface area contributed by atoms with Crippen molar-refractivity contribution in [2.45, 2.75) is 38.8 Å². The Bertz CT molecular complexity index is 1530. The van der Waals surface area contributed by atoms with Crippen molar-refractivity contribution in [3.8, 4) is 11.5 Å². The van der Waals surface area contributed by atoms with E-state index < -0.39 is 6.04 Å². The molecule has 0 aliphatic carbocycles. The lowest BCUT2D eigenvalue weighted by molar-refractivity contribution is 0.186. The molecule has 4 aromatic rings. The van der Waals surface area contributed by atoms with Crippen LogP contribution < -0.4 is 19.9 Å². The second-order valence-electron chi connectivity index (χ2n) is 10.3. The van der Waals surface area contributed by atoms with Crippen LogP contribution in [-0.4, -0.2) is 70.5 Å². The van der Waals surface area contributed by atoms with E-state index in [9.17, 15) is 9.18 Å². The van der Waals surface area contributed by atoms with Crippen molar-refractivity contribution in [1.29, 1.82) is 0 Å². The number of anilines is 1.